The zero-order valence-electron chi connectivity index (χ0n) is 21.9. The number of rotatable bonds is 8. The molecule has 0 bridgehead atoms. The molecule has 2 N–H and O–H groups in total. The number of hydrogen-bond donors (Lipinski definition) is 2. The summed E-state index contributed by atoms with van der Waals surface area (Å²) in [7, 11) is 1.41. The van der Waals surface area contributed by atoms with E-state index >= 15 is 0 Å². The molecule has 0 unspecified atom stereocenters. The standard InChI is InChI=1S/C28H27BrCl2N2O8/c1-41-20-11-14(5-9-19(20)34)4-8-18-15-6-7-16-22(24(38)32(23(16)37)10-2-3-21(35)36)17(15)12-27(30)25(39)33(13-29)26(40)28(18,27)31/h4-6,8-9,11,16-18,22,34H,2-3,7,10,12-13H2,1H3,(H,35,36)/t16-,17+,18-,22-,27+,28-/m0/s1. The molecule has 6 atom stereocenters. The minimum absolute atomic E-state index is 0.0225. The van der Waals surface area contributed by atoms with Crippen molar-refractivity contribution in [3.8, 4) is 11.5 Å². The van der Waals surface area contributed by atoms with Gasteiger partial charge in [-0.1, -0.05) is 45.8 Å². The molecule has 0 aromatic heterocycles. The van der Waals surface area contributed by atoms with Gasteiger partial charge in [0, 0.05) is 18.9 Å². The number of halogens is 3. The molecular formula is C28H27BrCl2N2O8. The number of alkyl halides is 3. The lowest BCUT2D eigenvalue weighted by molar-refractivity contribution is -0.142. The Morgan fingerprint density at radius 1 is 1.15 bits per heavy atom. The number of ether oxygens (including phenoxy) is 1. The maximum absolute atomic E-state index is 13.7. The highest BCUT2D eigenvalue weighted by Crippen LogP contribution is 2.63. The number of amides is 4. The van der Waals surface area contributed by atoms with Crippen molar-refractivity contribution in [2.24, 2.45) is 23.7 Å². The van der Waals surface area contributed by atoms with Crippen molar-refractivity contribution in [1.29, 1.82) is 0 Å². The number of fused-ring (bicyclic) bond motifs is 4. The summed E-state index contributed by atoms with van der Waals surface area (Å²) in [6, 6.07) is 4.68. The lowest BCUT2D eigenvalue weighted by Gasteiger charge is -2.49. The maximum Gasteiger partial charge on any atom is 0.303 e. The summed E-state index contributed by atoms with van der Waals surface area (Å²) in [4.78, 5) is 63.4. The van der Waals surface area contributed by atoms with Crippen molar-refractivity contribution in [2.45, 2.75) is 35.4 Å². The molecule has 2 heterocycles. The van der Waals surface area contributed by atoms with Crippen LogP contribution in [0.1, 0.15) is 31.2 Å². The van der Waals surface area contributed by atoms with Crippen molar-refractivity contribution >= 4 is 74.8 Å². The number of phenols is 1. The topological polar surface area (TPSA) is 142 Å². The first-order valence-electron chi connectivity index (χ1n) is 13.0. The summed E-state index contributed by atoms with van der Waals surface area (Å²) < 4.78 is 5.19. The van der Waals surface area contributed by atoms with Gasteiger partial charge in [-0.05, 0) is 42.9 Å². The average Bonchev–Trinajstić information content (AvgIpc) is 3.26. The summed E-state index contributed by atoms with van der Waals surface area (Å²) in [5, 5.41) is 19.0. The lowest BCUT2D eigenvalue weighted by atomic mass is 9.57. The van der Waals surface area contributed by atoms with Crippen molar-refractivity contribution in [3.63, 3.8) is 0 Å². The number of aromatic hydroxyl groups is 1. The number of carbonyl (C=O) groups is 5. The van der Waals surface area contributed by atoms with Crippen LogP contribution in [0.25, 0.3) is 6.08 Å². The summed E-state index contributed by atoms with van der Waals surface area (Å²) in [6.07, 6.45) is 5.20. The number of benzene rings is 1. The normalized spacial score (nSPS) is 32.7. The first-order chi connectivity index (χ1) is 19.4. The molecule has 13 heteroatoms. The van der Waals surface area contributed by atoms with Crippen molar-refractivity contribution in [3.05, 3.63) is 41.5 Å². The third-order valence-corrected chi connectivity index (χ3v) is 10.6. The van der Waals surface area contributed by atoms with E-state index in [1.54, 1.807) is 24.3 Å². The minimum atomic E-state index is -1.90. The van der Waals surface area contributed by atoms with Gasteiger partial charge in [0.1, 0.15) is 0 Å². The van der Waals surface area contributed by atoms with E-state index in [9.17, 15) is 29.1 Å². The molecule has 41 heavy (non-hydrogen) atoms. The number of allylic oxidation sites excluding steroid dienone is 3. The van der Waals surface area contributed by atoms with Gasteiger partial charge in [0.2, 0.25) is 11.8 Å². The van der Waals surface area contributed by atoms with E-state index < -0.39 is 57.1 Å². The van der Waals surface area contributed by atoms with Gasteiger partial charge >= 0.3 is 5.97 Å². The van der Waals surface area contributed by atoms with Crippen LogP contribution >= 0.6 is 39.1 Å². The van der Waals surface area contributed by atoms with Crippen molar-refractivity contribution < 1.29 is 38.9 Å². The molecular weight excluding hydrogens is 643 g/mol. The minimum Gasteiger partial charge on any atom is -0.504 e. The number of methoxy groups -OCH3 is 1. The average molecular weight is 670 g/mol. The fourth-order valence-electron chi connectivity index (χ4n) is 6.68. The highest BCUT2D eigenvalue weighted by molar-refractivity contribution is 9.09. The zero-order chi connectivity index (χ0) is 29.9. The van der Waals surface area contributed by atoms with Crippen molar-refractivity contribution in [1.82, 2.24) is 9.80 Å². The molecule has 3 fully saturated rings. The van der Waals surface area contributed by atoms with Gasteiger partial charge in [-0.25, -0.2) is 0 Å². The second-order valence-electron chi connectivity index (χ2n) is 10.6. The van der Waals surface area contributed by atoms with Gasteiger partial charge in [0.05, 0.1) is 24.4 Å². The number of likely N-dealkylation sites (tertiary alicyclic amines) is 2. The fraction of sp³-hybridized carbons (Fsp3) is 0.464. The highest BCUT2D eigenvalue weighted by Gasteiger charge is 2.75. The summed E-state index contributed by atoms with van der Waals surface area (Å²) in [5.74, 6) is -6.10. The third kappa shape index (κ3) is 4.39. The number of carboxylic acid groups (broad SMARTS) is 1. The van der Waals surface area contributed by atoms with Gasteiger partial charge in [-0.2, -0.15) is 0 Å². The molecule has 2 aliphatic heterocycles. The second-order valence-corrected chi connectivity index (χ2v) is 12.4. The number of aliphatic carboxylic acids is 1. The Hall–Kier alpha value is -2.89. The molecule has 2 saturated heterocycles. The fourth-order valence-corrected chi connectivity index (χ4v) is 8.06. The van der Waals surface area contributed by atoms with Crippen LogP contribution in [0.3, 0.4) is 0 Å². The van der Waals surface area contributed by atoms with Crippen LogP contribution in [-0.4, -0.2) is 78.5 Å². The molecule has 218 valence electrons. The third-order valence-electron chi connectivity index (χ3n) is 8.62. The molecule has 1 aromatic rings. The van der Waals surface area contributed by atoms with E-state index in [1.165, 1.54) is 13.2 Å². The van der Waals surface area contributed by atoms with E-state index in [0.29, 0.717) is 11.1 Å². The van der Waals surface area contributed by atoms with Crippen LogP contribution in [0.5, 0.6) is 11.5 Å². The first-order valence-corrected chi connectivity index (χ1v) is 14.9. The Bertz CT molecular complexity index is 1420. The van der Waals surface area contributed by atoms with Crippen LogP contribution in [0.4, 0.5) is 0 Å². The molecule has 0 spiro atoms. The Labute approximate surface area is 254 Å². The quantitative estimate of drug-likeness (QED) is 0.185. The van der Waals surface area contributed by atoms with Crippen LogP contribution in [0, 0.1) is 23.7 Å². The van der Waals surface area contributed by atoms with Gasteiger partial charge in [0.25, 0.3) is 11.8 Å². The molecule has 10 nitrogen and oxygen atoms in total. The van der Waals surface area contributed by atoms with Gasteiger partial charge < -0.3 is 14.9 Å². The Morgan fingerprint density at radius 2 is 1.88 bits per heavy atom. The molecule has 5 rings (SSSR count). The Morgan fingerprint density at radius 3 is 2.54 bits per heavy atom. The number of carbonyl (C=O) groups excluding carboxylic acids is 4. The predicted octanol–water partition coefficient (Wildman–Crippen LogP) is 3.52. The van der Waals surface area contributed by atoms with Crippen LogP contribution in [0.15, 0.2) is 35.9 Å². The number of nitrogens with zero attached hydrogens (tertiary/aromatic N) is 2. The van der Waals surface area contributed by atoms with E-state index in [1.807, 2.05) is 6.08 Å². The monoisotopic (exact) mass is 668 g/mol. The molecule has 4 aliphatic rings. The number of hydrogen-bond acceptors (Lipinski definition) is 7. The molecule has 1 aromatic carbocycles. The largest absolute Gasteiger partial charge is 0.504 e. The first kappa shape index (κ1) is 29.6. The van der Waals surface area contributed by atoms with Crippen LogP contribution in [0.2, 0.25) is 0 Å². The Balaban J connectivity index is 1.57. The molecule has 1 saturated carbocycles. The maximum atomic E-state index is 13.7. The highest BCUT2D eigenvalue weighted by atomic mass is 79.9. The van der Waals surface area contributed by atoms with Gasteiger partial charge in [0.15, 0.2) is 21.2 Å². The molecule has 0 radical (unpaired) electrons. The van der Waals surface area contributed by atoms with Gasteiger partial charge in [-0.3, -0.25) is 33.8 Å². The summed E-state index contributed by atoms with van der Waals surface area (Å²) >= 11 is 17.4. The smallest absolute Gasteiger partial charge is 0.303 e. The number of phenolic OH excluding ortho intramolecular Hbond substituents is 1. The van der Waals surface area contributed by atoms with Gasteiger partial charge in [-0.15, -0.1) is 23.2 Å². The second kappa shape index (κ2) is 10.7. The SMILES string of the molecule is COc1cc(C=C[C@H]2C3=CC[C@@H]4C(=O)N(CCCC(=O)O)C(=O)[C@@H]4[C@@H]3C[C@@]3(Cl)C(=O)N(CBr)C(=O)[C@@]23Cl)ccc1O. The zero-order valence-corrected chi connectivity index (χ0v) is 25.0. The van der Waals surface area contributed by atoms with E-state index in [0.717, 1.165) is 9.80 Å². The van der Waals surface area contributed by atoms with Crippen molar-refractivity contribution in [2.75, 3.05) is 19.1 Å². The molecule has 4 amide bonds. The summed E-state index contributed by atoms with van der Waals surface area (Å²) in [5.41, 5.74) is 1.14. The predicted molar refractivity (Wildman–Crippen MR) is 151 cm³/mol. The Kier molecular flexibility index (Phi) is 7.76. The van der Waals surface area contributed by atoms with E-state index in [2.05, 4.69) is 15.9 Å². The summed E-state index contributed by atoms with van der Waals surface area (Å²) in [6.45, 7) is -0.0225. The van der Waals surface area contributed by atoms with Crippen LogP contribution in [-0.2, 0) is 24.0 Å². The van der Waals surface area contributed by atoms with E-state index in [-0.39, 0.29) is 55.1 Å². The van der Waals surface area contributed by atoms with Crippen LogP contribution < -0.4 is 4.74 Å². The lowest BCUT2D eigenvalue weighted by Crippen LogP contribution is -2.60. The molecule has 2 aliphatic carbocycles. The number of carboxylic acids is 1. The number of imide groups is 2. The van der Waals surface area contributed by atoms with E-state index in [4.69, 9.17) is 33.0 Å².